The summed E-state index contributed by atoms with van der Waals surface area (Å²) >= 11 is 0. The predicted octanol–water partition coefficient (Wildman–Crippen LogP) is 1.66. The first kappa shape index (κ1) is 12.5. The van der Waals surface area contributed by atoms with E-state index in [9.17, 15) is 4.79 Å². The number of nitrogens with zero attached hydrogens (tertiary/aromatic N) is 1. The number of fused-ring (bicyclic) bond motifs is 1. The number of para-hydroxylation sites is 1. The van der Waals surface area contributed by atoms with Crippen LogP contribution in [0.15, 0.2) is 24.3 Å². The van der Waals surface area contributed by atoms with Gasteiger partial charge in [-0.1, -0.05) is 18.2 Å². The first-order chi connectivity index (χ1) is 9.05. The molecule has 0 spiro atoms. The van der Waals surface area contributed by atoms with Gasteiger partial charge in [-0.3, -0.25) is 4.79 Å². The third kappa shape index (κ3) is 2.45. The number of morpholine rings is 1. The highest BCUT2D eigenvalue weighted by molar-refractivity contribution is 5.87. The SMILES string of the molecule is CC1(C)CN(C(=O)[C@H]2Cc3ccccc3N2)CCO1. The maximum absolute atomic E-state index is 12.6. The van der Waals surface area contributed by atoms with Crippen LogP contribution < -0.4 is 5.32 Å². The Hall–Kier alpha value is -1.55. The molecule has 0 saturated carbocycles. The summed E-state index contributed by atoms with van der Waals surface area (Å²) in [6.07, 6.45) is 0.785. The molecule has 0 aromatic heterocycles. The normalized spacial score (nSPS) is 24.7. The van der Waals surface area contributed by atoms with Gasteiger partial charge in [-0.25, -0.2) is 0 Å². The fraction of sp³-hybridized carbons (Fsp3) is 0.533. The van der Waals surface area contributed by atoms with Crippen LogP contribution in [-0.2, 0) is 16.0 Å². The van der Waals surface area contributed by atoms with Crippen molar-refractivity contribution in [3.63, 3.8) is 0 Å². The highest BCUT2D eigenvalue weighted by Crippen LogP contribution is 2.27. The second kappa shape index (κ2) is 4.53. The van der Waals surface area contributed by atoms with Crippen molar-refractivity contribution in [2.45, 2.75) is 31.9 Å². The van der Waals surface area contributed by atoms with Gasteiger partial charge in [0.2, 0.25) is 5.91 Å². The molecule has 1 N–H and O–H groups in total. The van der Waals surface area contributed by atoms with Crippen LogP contribution in [0.4, 0.5) is 5.69 Å². The summed E-state index contributed by atoms with van der Waals surface area (Å²) in [5.74, 6) is 0.188. The Balaban J connectivity index is 1.70. The lowest BCUT2D eigenvalue weighted by molar-refractivity contribution is -0.146. The Labute approximate surface area is 113 Å². The third-order valence-electron chi connectivity index (χ3n) is 3.81. The number of benzene rings is 1. The van der Waals surface area contributed by atoms with Crippen molar-refractivity contribution in [2.75, 3.05) is 25.0 Å². The molecule has 1 atom stereocenters. The molecule has 4 heteroatoms. The topological polar surface area (TPSA) is 41.6 Å². The van der Waals surface area contributed by atoms with Gasteiger partial charge in [0.05, 0.1) is 12.2 Å². The molecular weight excluding hydrogens is 240 g/mol. The fourth-order valence-electron chi connectivity index (χ4n) is 2.87. The minimum atomic E-state index is -0.237. The predicted molar refractivity (Wildman–Crippen MR) is 74.2 cm³/mol. The Morgan fingerprint density at radius 3 is 2.95 bits per heavy atom. The molecule has 19 heavy (non-hydrogen) atoms. The van der Waals surface area contributed by atoms with Gasteiger partial charge < -0.3 is 15.0 Å². The van der Waals surface area contributed by atoms with E-state index in [0.29, 0.717) is 19.7 Å². The Bertz CT molecular complexity index is 474. The molecule has 0 radical (unpaired) electrons. The summed E-state index contributed by atoms with van der Waals surface area (Å²) in [7, 11) is 0. The number of carbonyl (C=O) groups is 1. The van der Waals surface area contributed by atoms with Crippen LogP contribution in [0.5, 0.6) is 0 Å². The summed E-state index contributed by atoms with van der Waals surface area (Å²) in [4.78, 5) is 14.5. The number of hydrogen-bond acceptors (Lipinski definition) is 3. The van der Waals surface area contributed by atoms with Gasteiger partial charge in [0.15, 0.2) is 0 Å². The molecule has 4 nitrogen and oxygen atoms in total. The summed E-state index contributed by atoms with van der Waals surface area (Å²) in [5.41, 5.74) is 2.08. The van der Waals surface area contributed by atoms with Crippen LogP contribution in [0.1, 0.15) is 19.4 Å². The number of nitrogens with one attached hydrogen (secondary N) is 1. The van der Waals surface area contributed by atoms with Crippen LogP contribution >= 0.6 is 0 Å². The van der Waals surface area contributed by atoms with Crippen LogP contribution in [0, 0.1) is 0 Å². The van der Waals surface area contributed by atoms with Crippen LogP contribution in [0.3, 0.4) is 0 Å². The second-order valence-electron chi connectivity index (χ2n) is 5.93. The minimum absolute atomic E-state index is 0.119. The van der Waals surface area contributed by atoms with Crippen LogP contribution in [0.25, 0.3) is 0 Å². The van der Waals surface area contributed by atoms with E-state index in [1.807, 2.05) is 36.9 Å². The molecule has 3 rings (SSSR count). The average Bonchev–Trinajstić information content (AvgIpc) is 2.80. The number of rotatable bonds is 1. The van der Waals surface area contributed by atoms with Gasteiger partial charge >= 0.3 is 0 Å². The van der Waals surface area contributed by atoms with Crippen LogP contribution in [0.2, 0.25) is 0 Å². The Kier molecular flexibility index (Phi) is 2.97. The van der Waals surface area contributed by atoms with Crippen LogP contribution in [-0.4, -0.2) is 42.1 Å². The van der Waals surface area contributed by atoms with E-state index in [2.05, 4.69) is 11.4 Å². The largest absolute Gasteiger partial charge is 0.373 e. The Morgan fingerprint density at radius 1 is 1.42 bits per heavy atom. The molecule has 0 bridgehead atoms. The zero-order valence-electron chi connectivity index (χ0n) is 11.5. The standard InChI is InChI=1S/C15H20N2O2/c1-15(2)10-17(7-8-19-15)14(18)13-9-11-5-3-4-6-12(11)16-13/h3-6,13,16H,7-10H2,1-2H3/t13-/m1/s1. The van der Waals surface area contributed by atoms with E-state index in [-0.39, 0.29) is 17.6 Å². The molecule has 2 aliphatic rings. The monoisotopic (exact) mass is 260 g/mol. The smallest absolute Gasteiger partial charge is 0.245 e. The zero-order chi connectivity index (χ0) is 13.5. The van der Waals surface area contributed by atoms with Crippen molar-refractivity contribution in [3.8, 4) is 0 Å². The van der Waals surface area contributed by atoms with E-state index in [1.54, 1.807) is 0 Å². The van der Waals surface area contributed by atoms with E-state index in [4.69, 9.17) is 4.74 Å². The lowest BCUT2D eigenvalue weighted by Crippen LogP contribution is -2.54. The maximum Gasteiger partial charge on any atom is 0.245 e. The van der Waals surface area contributed by atoms with Crippen molar-refractivity contribution in [3.05, 3.63) is 29.8 Å². The first-order valence-corrected chi connectivity index (χ1v) is 6.82. The first-order valence-electron chi connectivity index (χ1n) is 6.82. The lowest BCUT2D eigenvalue weighted by atomic mass is 10.1. The molecule has 1 saturated heterocycles. The Morgan fingerprint density at radius 2 is 2.21 bits per heavy atom. The van der Waals surface area contributed by atoms with Gasteiger partial charge in [0.25, 0.3) is 0 Å². The van der Waals surface area contributed by atoms with Gasteiger partial charge in [-0.2, -0.15) is 0 Å². The number of carbonyl (C=O) groups excluding carboxylic acids is 1. The molecular formula is C15H20N2O2. The number of ether oxygens (including phenoxy) is 1. The second-order valence-corrected chi connectivity index (χ2v) is 5.93. The van der Waals surface area contributed by atoms with Crippen molar-refractivity contribution < 1.29 is 9.53 Å². The van der Waals surface area contributed by atoms with Gasteiger partial charge in [-0.15, -0.1) is 0 Å². The van der Waals surface area contributed by atoms with Gasteiger partial charge in [0, 0.05) is 25.2 Å². The van der Waals surface area contributed by atoms with Crippen molar-refractivity contribution in [2.24, 2.45) is 0 Å². The van der Waals surface area contributed by atoms with E-state index < -0.39 is 0 Å². The molecule has 1 fully saturated rings. The van der Waals surface area contributed by atoms with E-state index in [1.165, 1.54) is 5.56 Å². The van der Waals surface area contributed by atoms with E-state index in [0.717, 1.165) is 12.1 Å². The maximum atomic E-state index is 12.6. The summed E-state index contributed by atoms with van der Waals surface area (Å²) in [5, 5.41) is 3.33. The summed E-state index contributed by atoms with van der Waals surface area (Å²) < 4.78 is 5.66. The molecule has 1 aromatic rings. The number of amides is 1. The lowest BCUT2D eigenvalue weighted by Gasteiger charge is -2.39. The highest BCUT2D eigenvalue weighted by Gasteiger charge is 2.35. The molecule has 0 unspecified atom stereocenters. The van der Waals surface area contributed by atoms with Gasteiger partial charge in [-0.05, 0) is 25.5 Å². The van der Waals surface area contributed by atoms with E-state index >= 15 is 0 Å². The van der Waals surface area contributed by atoms with Crippen molar-refractivity contribution >= 4 is 11.6 Å². The number of hydrogen-bond donors (Lipinski definition) is 1. The average molecular weight is 260 g/mol. The van der Waals surface area contributed by atoms with Crippen molar-refractivity contribution in [1.82, 2.24) is 4.90 Å². The highest BCUT2D eigenvalue weighted by atomic mass is 16.5. The number of anilines is 1. The summed E-state index contributed by atoms with van der Waals surface area (Å²) in [6, 6.07) is 8.01. The molecule has 102 valence electrons. The third-order valence-corrected chi connectivity index (χ3v) is 3.81. The molecule has 2 aliphatic heterocycles. The minimum Gasteiger partial charge on any atom is -0.373 e. The van der Waals surface area contributed by atoms with Crippen molar-refractivity contribution in [1.29, 1.82) is 0 Å². The fourth-order valence-corrected chi connectivity index (χ4v) is 2.87. The molecule has 0 aliphatic carbocycles. The molecule has 1 amide bonds. The zero-order valence-corrected chi connectivity index (χ0v) is 11.5. The quantitative estimate of drug-likeness (QED) is 0.835. The van der Waals surface area contributed by atoms with Gasteiger partial charge in [0.1, 0.15) is 6.04 Å². The summed E-state index contributed by atoms with van der Waals surface area (Å²) in [6.45, 7) is 6.04. The molecule has 2 heterocycles. The molecule has 1 aromatic carbocycles.